The molecule has 0 aromatic carbocycles. The fourth-order valence-electron chi connectivity index (χ4n) is 1.50. The van der Waals surface area contributed by atoms with Crippen molar-refractivity contribution in [3.05, 3.63) is 36.3 Å². The average molecular weight is 228 g/mol. The molecule has 1 unspecified atom stereocenters. The minimum Gasteiger partial charge on any atom is -0.363 e. The van der Waals surface area contributed by atoms with Crippen LogP contribution in [-0.4, -0.2) is 26.0 Å². The summed E-state index contributed by atoms with van der Waals surface area (Å²) in [4.78, 5) is 0. The van der Waals surface area contributed by atoms with E-state index < -0.39 is 0 Å². The molecule has 0 radical (unpaired) electrons. The SMILES string of the molecule is CC(Cn1cccn1)Nc1nnccc1C#N. The third-order valence-electron chi connectivity index (χ3n) is 2.24. The summed E-state index contributed by atoms with van der Waals surface area (Å²) in [6.07, 6.45) is 5.12. The first kappa shape index (κ1) is 11.1. The van der Waals surface area contributed by atoms with Gasteiger partial charge in [-0.05, 0) is 19.1 Å². The van der Waals surface area contributed by atoms with Gasteiger partial charge >= 0.3 is 0 Å². The molecule has 0 spiro atoms. The molecule has 6 nitrogen and oxygen atoms in total. The molecule has 2 aromatic heterocycles. The number of rotatable bonds is 4. The normalized spacial score (nSPS) is 11.8. The number of hydrogen-bond donors (Lipinski definition) is 1. The number of nitrogens with zero attached hydrogens (tertiary/aromatic N) is 5. The van der Waals surface area contributed by atoms with Crippen molar-refractivity contribution in [3.63, 3.8) is 0 Å². The van der Waals surface area contributed by atoms with Gasteiger partial charge in [-0.1, -0.05) is 0 Å². The predicted octanol–water partition coefficient (Wildman–Crippen LogP) is 1.05. The molecular formula is C11H12N6. The van der Waals surface area contributed by atoms with E-state index in [-0.39, 0.29) is 6.04 Å². The van der Waals surface area contributed by atoms with Crippen molar-refractivity contribution >= 4 is 5.82 Å². The minimum atomic E-state index is 0.110. The van der Waals surface area contributed by atoms with Crippen LogP contribution in [0.2, 0.25) is 0 Å². The molecule has 2 aromatic rings. The lowest BCUT2D eigenvalue weighted by Gasteiger charge is -2.14. The molecule has 0 aliphatic heterocycles. The number of anilines is 1. The Bertz CT molecular complexity index is 513. The van der Waals surface area contributed by atoms with Crippen LogP contribution in [0.3, 0.4) is 0 Å². The number of hydrogen-bond acceptors (Lipinski definition) is 5. The van der Waals surface area contributed by atoms with E-state index in [1.54, 1.807) is 12.3 Å². The van der Waals surface area contributed by atoms with E-state index in [1.165, 1.54) is 6.20 Å². The van der Waals surface area contributed by atoms with Gasteiger partial charge in [0.1, 0.15) is 6.07 Å². The van der Waals surface area contributed by atoms with E-state index in [0.717, 1.165) is 0 Å². The van der Waals surface area contributed by atoms with E-state index in [2.05, 4.69) is 26.7 Å². The molecule has 86 valence electrons. The van der Waals surface area contributed by atoms with Crippen LogP contribution in [0.5, 0.6) is 0 Å². The standard InChI is InChI=1S/C11H12N6/c1-9(8-17-6-2-4-14-17)15-11-10(7-12)3-5-13-16-11/h2-6,9H,8H2,1H3,(H,15,16). The number of aromatic nitrogens is 4. The van der Waals surface area contributed by atoms with Crippen molar-refractivity contribution < 1.29 is 0 Å². The van der Waals surface area contributed by atoms with Crippen LogP contribution >= 0.6 is 0 Å². The second-order valence-electron chi connectivity index (χ2n) is 3.68. The maximum atomic E-state index is 8.91. The van der Waals surface area contributed by atoms with Crippen molar-refractivity contribution in [2.45, 2.75) is 19.5 Å². The summed E-state index contributed by atoms with van der Waals surface area (Å²) in [6.45, 7) is 2.70. The molecule has 0 saturated heterocycles. The quantitative estimate of drug-likeness (QED) is 0.845. The summed E-state index contributed by atoms with van der Waals surface area (Å²) in [5.74, 6) is 0.509. The largest absolute Gasteiger partial charge is 0.363 e. The van der Waals surface area contributed by atoms with Gasteiger partial charge in [0.2, 0.25) is 0 Å². The average Bonchev–Trinajstić information content (AvgIpc) is 2.82. The zero-order chi connectivity index (χ0) is 12.1. The fourth-order valence-corrected chi connectivity index (χ4v) is 1.50. The molecule has 0 fully saturated rings. The van der Waals surface area contributed by atoms with Crippen molar-refractivity contribution in [1.29, 1.82) is 5.26 Å². The lowest BCUT2D eigenvalue weighted by molar-refractivity contribution is 0.559. The van der Waals surface area contributed by atoms with Gasteiger partial charge in [-0.3, -0.25) is 4.68 Å². The molecule has 0 aliphatic carbocycles. The smallest absolute Gasteiger partial charge is 0.166 e. The highest BCUT2D eigenvalue weighted by Crippen LogP contribution is 2.10. The van der Waals surface area contributed by atoms with Gasteiger partial charge < -0.3 is 5.32 Å². The molecule has 0 saturated carbocycles. The Kier molecular flexibility index (Phi) is 3.31. The van der Waals surface area contributed by atoms with Gasteiger partial charge in [-0.15, -0.1) is 5.10 Å². The Balaban J connectivity index is 2.03. The van der Waals surface area contributed by atoms with Gasteiger partial charge in [0.25, 0.3) is 0 Å². The molecule has 2 rings (SSSR count). The Morgan fingerprint density at radius 2 is 2.41 bits per heavy atom. The maximum Gasteiger partial charge on any atom is 0.166 e. The molecule has 1 N–H and O–H groups in total. The summed E-state index contributed by atoms with van der Waals surface area (Å²) in [5, 5.41) is 23.8. The van der Waals surface area contributed by atoms with E-state index in [4.69, 9.17) is 5.26 Å². The first-order valence-corrected chi connectivity index (χ1v) is 5.25. The van der Waals surface area contributed by atoms with Crippen LogP contribution in [0.15, 0.2) is 30.7 Å². The predicted molar refractivity (Wildman–Crippen MR) is 62.1 cm³/mol. The van der Waals surface area contributed by atoms with Crippen molar-refractivity contribution in [2.24, 2.45) is 0 Å². The zero-order valence-corrected chi connectivity index (χ0v) is 9.41. The van der Waals surface area contributed by atoms with Crippen LogP contribution in [-0.2, 0) is 6.54 Å². The Labute approximate surface area is 98.9 Å². The van der Waals surface area contributed by atoms with Gasteiger partial charge in [0.05, 0.1) is 18.3 Å². The Morgan fingerprint density at radius 1 is 1.53 bits per heavy atom. The first-order valence-electron chi connectivity index (χ1n) is 5.25. The molecule has 0 amide bonds. The summed E-state index contributed by atoms with van der Waals surface area (Å²) >= 11 is 0. The van der Waals surface area contributed by atoms with Gasteiger partial charge in [0, 0.05) is 18.4 Å². The minimum absolute atomic E-state index is 0.110. The highest BCUT2D eigenvalue weighted by Gasteiger charge is 2.08. The van der Waals surface area contributed by atoms with Gasteiger partial charge in [-0.2, -0.15) is 15.5 Å². The monoisotopic (exact) mass is 228 g/mol. The second-order valence-corrected chi connectivity index (χ2v) is 3.68. The lowest BCUT2D eigenvalue weighted by Crippen LogP contribution is -2.23. The van der Waals surface area contributed by atoms with Crippen LogP contribution in [0.4, 0.5) is 5.82 Å². The highest BCUT2D eigenvalue weighted by atomic mass is 15.3. The molecule has 0 aliphatic rings. The topological polar surface area (TPSA) is 79.4 Å². The molecule has 1 atom stereocenters. The second kappa shape index (κ2) is 5.07. The molecular weight excluding hydrogens is 216 g/mol. The van der Waals surface area contributed by atoms with Crippen LogP contribution < -0.4 is 5.32 Å². The van der Waals surface area contributed by atoms with Gasteiger partial charge in [-0.25, -0.2) is 0 Å². The molecule has 17 heavy (non-hydrogen) atoms. The third-order valence-corrected chi connectivity index (χ3v) is 2.24. The van der Waals surface area contributed by atoms with Crippen molar-refractivity contribution in [2.75, 3.05) is 5.32 Å². The van der Waals surface area contributed by atoms with E-state index >= 15 is 0 Å². The van der Waals surface area contributed by atoms with E-state index in [9.17, 15) is 0 Å². The number of nitriles is 1. The van der Waals surface area contributed by atoms with E-state index in [1.807, 2.05) is 23.9 Å². The van der Waals surface area contributed by atoms with Crippen molar-refractivity contribution in [1.82, 2.24) is 20.0 Å². The number of nitrogens with one attached hydrogen (secondary N) is 1. The first-order chi connectivity index (χ1) is 8.29. The summed E-state index contributed by atoms with van der Waals surface area (Å²) < 4.78 is 1.82. The lowest BCUT2D eigenvalue weighted by atomic mass is 10.2. The Hall–Kier alpha value is -2.42. The molecule has 6 heteroatoms. The van der Waals surface area contributed by atoms with Crippen LogP contribution in [0.1, 0.15) is 12.5 Å². The van der Waals surface area contributed by atoms with E-state index in [0.29, 0.717) is 17.9 Å². The zero-order valence-electron chi connectivity index (χ0n) is 9.41. The molecule has 0 bridgehead atoms. The van der Waals surface area contributed by atoms with Crippen LogP contribution in [0, 0.1) is 11.3 Å². The van der Waals surface area contributed by atoms with Crippen molar-refractivity contribution in [3.8, 4) is 6.07 Å². The summed E-state index contributed by atoms with van der Waals surface area (Å²) in [5.41, 5.74) is 0.493. The summed E-state index contributed by atoms with van der Waals surface area (Å²) in [7, 11) is 0. The third kappa shape index (κ3) is 2.78. The molecule has 2 heterocycles. The maximum absolute atomic E-state index is 8.91. The van der Waals surface area contributed by atoms with Crippen LogP contribution in [0.25, 0.3) is 0 Å². The fraction of sp³-hybridized carbons (Fsp3) is 0.273. The van der Waals surface area contributed by atoms with Gasteiger partial charge in [0.15, 0.2) is 5.82 Å². The Morgan fingerprint density at radius 3 is 3.12 bits per heavy atom. The summed E-state index contributed by atoms with van der Waals surface area (Å²) in [6, 6.07) is 5.69. The highest BCUT2D eigenvalue weighted by molar-refractivity contribution is 5.50.